The van der Waals surface area contributed by atoms with E-state index in [0.29, 0.717) is 23.0 Å². The van der Waals surface area contributed by atoms with Gasteiger partial charge in [-0.05, 0) is 50.3 Å². The lowest BCUT2D eigenvalue weighted by molar-refractivity contribution is 0.243. The molecule has 1 aliphatic heterocycles. The lowest BCUT2D eigenvalue weighted by Crippen LogP contribution is -2.45. The van der Waals surface area contributed by atoms with Gasteiger partial charge in [0.05, 0.1) is 4.90 Å². The van der Waals surface area contributed by atoms with Gasteiger partial charge in [-0.15, -0.1) is 0 Å². The largest absolute Gasteiger partial charge is 0.328 e. The number of piperidine rings is 1. The second kappa shape index (κ2) is 6.02. The zero-order valence-corrected chi connectivity index (χ0v) is 13.4. The second-order valence-electron chi connectivity index (χ2n) is 5.53. The van der Waals surface area contributed by atoms with E-state index >= 15 is 0 Å². The standard InChI is InChI=1S/C14H21ClN2O2S/c1-10-5-6-13(15)8-14(10)20(18,19)17-7-3-4-12(9-17)11(2)16/h5-6,8,11-12H,3-4,7,9,16H2,1-2H3. The monoisotopic (exact) mass is 316 g/mol. The molecule has 0 aromatic heterocycles. The van der Waals surface area contributed by atoms with Gasteiger partial charge in [0.1, 0.15) is 0 Å². The molecule has 2 unspecified atom stereocenters. The van der Waals surface area contributed by atoms with Crippen molar-refractivity contribution < 1.29 is 8.42 Å². The van der Waals surface area contributed by atoms with Crippen molar-refractivity contribution >= 4 is 21.6 Å². The number of aryl methyl sites for hydroxylation is 1. The maximum absolute atomic E-state index is 12.8. The van der Waals surface area contributed by atoms with E-state index in [-0.39, 0.29) is 12.0 Å². The van der Waals surface area contributed by atoms with E-state index in [4.69, 9.17) is 17.3 Å². The number of nitrogens with zero attached hydrogens (tertiary/aromatic N) is 1. The van der Waals surface area contributed by atoms with Gasteiger partial charge in [0, 0.05) is 24.2 Å². The molecule has 0 bridgehead atoms. The lowest BCUT2D eigenvalue weighted by Gasteiger charge is -2.34. The Labute approximate surface area is 126 Å². The molecule has 1 saturated heterocycles. The number of nitrogens with two attached hydrogens (primary N) is 1. The number of sulfonamides is 1. The third-order valence-corrected chi connectivity index (χ3v) is 6.17. The summed E-state index contributed by atoms with van der Waals surface area (Å²) >= 11 is 5.94. The van der Waals surface area contributed by atoms with Gasteiger partial charge < -0.3 is 5.73 Å². The molecule has 1 aromatic rings. The van der Waals surface area contributed by atoms with E-state index in [1.165, 1.54) is 6.07 Å². The highest BCUT2D eigenvalue weighted by molar-refractivity contribution is 7.89. The average molecular weight is 317 g/mol. The van der Waals surface area contributed by atoms with Crippen molar-refractivity contribution in [1.82, 2.24) is 4.31 Å². The van der Waals surface area contributed by atoms with Crippen LogP contribution in [0.25, 0.3) is 0 Å². The summed E-state index contributed by atoms with van der Waals surface area (Å²) < 4.78 is 27.1. The van der Waals surface area contributed by atoms with E-state index < -0.39 is 10.0 Å². The number of hydrogen-bond donors (Lipinski definition) is 1. The van der Waals surface area contributed by atoms with Crippen LogP contribution in [0.3, 0.4) is 0 Å². The summed E-state index contributed by atoms with van der Waals surface area (Å²) in [6.07, 6.45) is 1.84. The molecule has 6 heteroatoms. The van der Waals surface area contributed by atoms with Crippen molar-refractivity contribution in [2.75, 3.05) is 13.1 Å². The summed E-state index contributed by atoms with van der Waals surface area (Å²) in [5.74, 6) is 0.220. The van der Waals surface area contributed by atoms with Crippen LogP contribution in [-0.4, -0.2) is 31.9 Å². The van der Waals surface area contributed by atoms with Crippen LogP contribution in [0.2, 0.25) is 5.02 Å². The van der Waals surface area contributed by atoms with Crippen LogP contribution < -0.4 is 5.73 Å². The first-order chi connectivity index (χ1) is 9.32. The first kappa shape index (κ1) is 15.8. The average Bonchev–Trinajstić information content (AvgIpc) is 2.41. The summed E-state index contributed by atoms with van der Waals surface area (Å²) in [4.78, 5) is 0.301. The highest BCUT2D eigenvalue weighted by Crippen LogP contribution is 2.28. The summed E-state index contributed by atoms with van der Waals surface area (Å²) in [6, 6.07) is 4.98. The van der Waals surface area contributed by atoms with Crippen molar-refractivity contribution in [2.45, 2.75) is 37.6 Å². The van der Waals surface area contributed by atoms with Crippen LogP contribution in [0.1, 0.15) is 25.3 Å². The van der Waals surface area contributed by atoms with Gasteiger partial charge in [-0.25, -0.2) is 8.42 Å². The molecular formula is C14H21ClN2O2S. The smallest absolute Gasteiger partial charge is 0.243 e. The van der Waals surface area contributed by atoms with Crippen LogP contribution in [0, 0.1) is 12.8 Å². The zero-order chi connectivity index (χ0) is 14.9. The van der Waals surface area contributed by atoms with Crippen molar-refractivity contribution in [3.63, 3.8) is 0 Å². The van der Waals surface area contributed by atoms with E-state index in [9.17, 15) is 8.42 Å². The Kier molecular flexibility index (Phi) is 4.74. The minimum atomic E-state index is -3.49. The van der Waals surface area contributed by atoms with Gasteiger partial charge in [0.15, 0.2) is 0 Å². The topological polar surface area (TPSA) is 63.4 Å². The Hall–Kier alpha value is -0.620. The van der Waals surface area contributed by atoms with Gasteiger partial charge in [-0.2, -0.15) is 4.31 Å². The van der Waals surface area contributed by atoms with Crippen LogP contribution in [0.15, 0.2) is 23.1 Å². The highest BCUT2D eigenvalue weighted by Gasteiger charge is 2.32. The first-order valence-electron chi connectivity index (χ1n) is 6.84. The molecule has 0 saturated carbocycles. The third-order valence-electron chi connectivity index (χ3n) is 3.93. The fourth-order valence-electron chi connectivity index (χ4n) is 2.61. The van der Waals surface area contributed by atoms with E-state index in [0.717, 1.165) is 18.4 Å². The van der Waals surface area contributed by atoms with Crippen LogP contribution in [0.5, 0.6) is 0 Å². The van der Waals surface area contributed by atoms with Crippen molar-refractivity contribution in [1.29, 1.82) is 0 Å². The molecular weight excluding hydrogens is 296 g/mol. The van der Waals surface area contributed by atoms with Gasteiger partial charge >= 0.3 is 0 Å². The maximum Gasteiger partial charge on any atom is 0.243 e. The Morgan fingerprint density at radius 3 is 2.80 bits per heavy atom. The van der Waals surface area contributed by atoms with E-state index in [2.05, 4.69) is 0 Å². The molecule has 1 heterocycles. The first-order valence-corrected chi connectivity index (χ1v) is 8.66. The molecule has 0 amide bonds. The molecule has 0 spiro atoms. The van der Waals surface area contributed by atoms with Crippen LogP contribution in [0.4, 0.5) is 0 Å². The highest BCUT2D eigenvalue weighted by atomic mass is 35.5. The van der Waals surface area contributed by atoms with Gasteiger partial charge in [-0.1, -0.05) is 17.7 Å². The lowest BCUT2D eigenvalue weighted by atomic mass is 9.93. The Morgan fingerprint density at radius 1 is 1.45 bits per heavy atom. The molecule has 2 rings (SSSR count). The molecule has 0 aliphatic carbocycles. The molecule has 2 atom stereocenters. The molecule has 0 radical (unpaired) electrons. The fraction of sp³-hybridized carbons (Fsp3) is 0.571. The Bertz CT molecular complexity index is 587. The van der Waals surface area contributed by atoms with Crippen molar-refractivity contribution in [3.8, 4) is 0 Å². The summed E-state index contributed by atoms with van der Waals surface area (Å²) in [5.41, 5.74) is 6.64. The molecule has 1 aliphatic rings. The van der Waals surface area contributed by atoms with Crippen molar-refractivity contribution in [3.05, 3.63) is 28.8 Å². The normalized spacial score (nSPS) is 22.7. The Morgan fingerprint density at radius 2 is 2.15 bits per heavy atom. The van der Waals surface area contributed by atoms with Gasteiger partial charge in [-0.3, -0.25) is 0 Å². The predicted molar refractivity (Wildman–Crippen MR) is 81.3 cm³/mol. The molecule has 2 N–H and O–H groups in total. The van der Waals surface area contributed by atoms with E-state index in [1.807, 2.05) is 6.92 Å². The van der Waals surface area contributed by atoms with E-state index in [1.54, 1.807) is 23.4 Å². The minimum absolute atomic E-state index is 0.00783. The maximum atomic E-state index is 12.8. The van der Waals surface area contributed by atoms with Crippen molar-refractivity contribution in [2.24, 2.45) is 11.7 Å². The summed E-state index contributed by atoms with van der Waals surface area (Å²) in [5, 5.41) is 0.440. The molecule has 1 fully saturated rings. The molecule has 20 heavy (non-hydrogen) atoms. The summed E-state index contributed by atoms with van der Waals surface area (Å²) in [7, 11) is -3.49. The van der Waals surface area contributed by atoms with Crippen LogP contribution >= 0.6 is 11.6 Å². The number of halogens is 1. The SMILES string of the molecule is Cc1ccc(Cl)cc1S(=O)(=O)N1CCCC(C(C)N)C1. The molecule has 112 valence electrons. The number of hydrogen-bond acceptors (Lipinski definition) is 3. The third kappa shape index (κ3) is 3.17. The van der Waals surface area contributed by atoms with Gasteiger partial charge in [0.25, 0.3) is 0 Å². The fourth-order valence-corrected chi connectivity index (χ4v) is 4.64. The summed E-state index contributed by atoms with van der Waals surface area (Å²) in [6.45, 7) is 4.77. The quantitative estimate of drug-likeness (QED) is 0.931. The minimum Gasteiger partial charge on any atom is -0.328 e. The number of rotatable bonds is 3. The van der Waals surface area contributed by atoms with Gasteiger partial charge in [0.2, 0.25) is 10.0 Å². The number of benzene rings is 1. The zero-order valence-electron chi connectivity index (χ0n) is 11.8. The van der Waals surface area contributed by atoms with Crippen LogP contribution in [-0.2, 0) is 10.0 Å². The predicted octanol–water partition coefficient (Wildman–Crippen LogP) is 2.40. The molecule has 4 nitrogen and oxygen atoms in total. The molecule has 1 aromatic carbocycles. The second-order valence-corrected chi connectivity index (χ2v) is 7.88. The Balaban J connectivity index is 2.32.